The summed E-state index contributed by atoms with van der Waals surface area (Å²) in [5, 5.41) is 9.42. The smallest absolute Gasteiger partial charge is 0.410 e. The molecule has 0 aliphatic carbocycles. The number of carbonyl (C=O) groups excluding carboxylic acids is 1. The van der Waals surface area contributed by atoms with Crippen LogP contribution in [0.25, 0.3) is 0 Å². The molecule has 0 saturated carbocycles. The van der Waals surface area contributed by atoms with E-state index in [9.17, 15) is 9.90 Å². The van der Waals surface area contributed by atoms with Crippen LogP contribution in [0, 0.1) is 0 Å². The molecular formula is C16H23NO4. The first kappa shape index (κ1) is 15.8. The molecule has 0 spiro atoms. The number of carbonyl (C=O) groups is 1. The normalized spacial score (nSPS) is 21.5. The standard InChI is InChI=1S/C16H23NO4/c1-2-20-12-15-9-8-14(10-18)17(15)16(19)21-11-13-6-4-3-5-7-13/h3-7,14-15,18H,2,8-12H2,1H3/t14-,15+/m1/s1. The van der Waals surface area contributed by atoms with Gasteiger partial charge in [0.1, 0.15) is 6.61 Å². The zero-order chi connectivity index (χ0) is 15.1. The number of hydrogen-bond donors (Lipinski definition) is 1. The fraction of sp³-hybridized carbons (Fsp3) is 0.562. The maximum Gasteiger partial charge on any atom is 0.410 e. The quantitative estimate of drug-likeness (QED) is 0.873. The number of benzene rings is 1. The molecule has 1 saturated heterocycles. The average molecular weight is 293 g/mol. The highest BCUT2D eigenvalue weighted by molar-refractivity contribution is 5.69. The van der Waals surface area contributed by atoms with Gasteiger partial charge in [0, 0.05) is 6.61 Å². The van der Waals surface area contributed by atoms with Crippen molar-refractivity contribution in [2.24, 2.45) is 0 Å². The summed E-state index contributed by atoms with van der Waals surface area (Å²) >= 11 is 0. The van der Waals surface area contributed by atoms with Gasteiger partial charge in [-0.2, -0.15) is 0 Å². The number of ether oxygens (including phenoxy) is 2. The summed E-state index contributed by atoms with van der Waals surface area (Å²) < 4.78 is 10.8. The molecule has 116 valence electrons. The number of aliphatic hydroxyl groups is 1. The Balaban J connectivity index is 1.93. The summed E-state index contributed by atoms with van der Waals surface area (Å²) in [7, 11) is 0. The number of aliphatic hydroxyl groups excluding tert-OH is 1. The lowest BCUT2D eigenvalue weighted by atomic mass is 10.2. The maximum absolute atomic E-state index is 12.3. The highest BCUT2D eigenvalue weighted by Crippen LogP contribution is 2.25. The third-order valence-corrected chi connectivity index (χ3v) is 3.76. The lowest BCUT2D eigenvalue weighted by molar-refractivity contribution is 0.0369. The molecule has 0 unspecified atom stereocenters. The minimum atomic E-state index is -0.375. The van der Waals surface area contributed by atoms with E-state index in [0.717, 1.165) is 18.4 Å². The van der Waals surface area contributed by atoms with Gasteiger partial charge in [0.2, 0.25) is 0 Å². The van der Waals surface area contributed by atoms with Crippen molar-refractivity contribution < 1.29 is 19.4 Å². The second-order valence-corrected chi connectivity index (χ2v) is 5.17. The summed E-state index contributed by atoms with van der Waals surface area (Å²) in [6.07, 6.45) is 1.25. The van der Waals surface area contributed by atoms with Gasteiger partial charge in [-0.3, -0.25) is 4.90 Å². The van der Waals surface area contributed by atoms with E-state index < -0.39 is 0 Å². The second kappa shape index (κ2) is 8.00. The van der Waals surface area contributed by atoms with E-state index in [0.29, 0.717) is 13.2 Å². The first-order valence-electron chi connectivity index (χ1n) is 7.43. The van der Waals surface area contributed by atoms with E-state index in [1.54, 1.807) is 4.90 Å². The summed E-state index contributed by atoms with van der Waals surface area (Å²) in [6.45, 7) is 3.25. The summed E-state index contributed by atoms with van der Waals surface area (Å²) in [6, 6.07) is 9.40. The van der Waals surface area contributed by atoms with E-state index >= 15 is 0 Å². The van der Waals surface area contributed by atoms with E-state index in [1.165, 1.54) is 0 Å². The van der Waals surface area contributed by atoms with Gasteiger partial charge in [0.05, 0.1) is 25.3 Å². The predicted molar refractivity (Wildman–Crippen MR) is 78.9 cm³/mol. The monoisotopic (exact) mass is 293 g/mol. The third-order valence-electron chi connectivity index (χ3n) is 3.76. The molecule has 1 aliphatic rings. The van der Waals surface area contributed by atoms with Crippen LogP contribution in [-0.2, 0) is 16.1 Å². The molecule has 0 bridgehead atoms. The Kier molecular flexibility index (Phi) is 6.02. The largest absolute Gasteiger partial charge is 0.445 e. The Hall–Kier alpha value is -1.59. The van der Waals surface area contributed by atoms with Gasteiger partial charge in [0.15, 0.2) is 0 Å². The van der Waals surface area contributed by atoms with Crippen LogP contribution < -0.4 is 0 Å². The van der Waals surface area contributed by atoms with Crippen molar-refractivity contribution in [1.29, 1.82) is 0 Å². The second-order valence-electron chi connectivity index (χ2n) is 5.17. The molecule has 1 aromatic rings. The lowest BCUT2D eigenvalue weighted by Crippen LogP contribution is -2.45. The number of hydrogen-bond acceptors (Lipinski definition) is 4. The van der Waals surface area contributed by atoms with Gasteiger partial charge in [-0.05, 0) is 25.3 Å². The highest BCUT2D eigenvalue weighted by atomic mass is 16.6. The van der Waals surface area contributed by atoms with E-state index in [2.05, 4.69) is 0 Å². The van der Waals surface area contributed by atoms with E-state index in [1.807, 2.05) is 37.3 Å². The Morgan fingerprint density at radius 1 is 1.29 bits per heavy atom. The first-order valence-corrected chi connectivity index (χ1v) is 7.43. The minimum Gasteiger partial charge on any atom is -0.445 e. The third kappa shape index (κ3) is 4.19. The summed E-state index contributed by atoms with van der Waals surface area (Å²) in [5.41, 5.74) is 0.951. The van der Waals surface area contributed by atoms with Crippen LogP contribution in [0.15, 0.2) is 30.3 Å². The number of nitrogens with zero attached hydrogens (tertiary/aromatic N) is 1. The van der Waals surface area contributed by atoms with Crippen LogP contribution in [0.2, 0.25) is 0 Å². The van der Waals surface area contributed by atoms with Gasteiger partial charge in [-0.15, -0.1) is 0 Å². The summed E-state index contributed by atoms with van der Waals surface area (Å²) in [5.74, 6) is 0. The van der Waals surface area contributed by atoms with Gasteiger partial charge in [-0.1, -0.05) is 30.3 Å². The fourth-order valence-corrected chi connectivity index (χ4v) is 2.65. The molecule has 1 aliphatic heterocycles. The molecule has 1 amide bonds. The molecule has 1 fully saturated rings. The van der Waals surface area contributed by atoms with Crippen molar-refractivity contribution in [2.75, 3.05) is 19.8 Å². The van der Waals surface area contributed by atoms with Crippen LogP contribution in [0.4, 0.5) is 4.79 Å². The maximum atomic E-state index is 12.3. The molecule has 1 N–H and O–H groups in total. The van der Waals surface area contributed by atoms with Crippen LogP contribution in [0.1, 0.15) is 25.3 Å². The molecule has 1 heterocycles. The van der Waals surface area contributed by atoms with Crippen LogP contribution >= 0.6 is 0 Å². The van der Waals surface area contributed by atoms with Gasteiger partial charge in [-0.25, -0.2) is 4.79 Å². The Bertz CT molecular complexity index is 437. The van der Waals surface area contributed by atoms with Crippen LogP contribution in [0.3, 0.4) is 0 Å². The Morgan fingerprint density at radius 3 is 2.67 bits per heavy atom. The van der Waals surface area contributed by atoms with Crippen molar-refractivity contribution in [1.82, 2.24) is 4.90 Å². The lowest BCUT2D eigenvalue weighted by Gasteiger charge is -2.28. The zero-order valence-electron chi connectivity index (χ0n) is 12.4. The van der Waals surface area contributed by atoms with Crippen molar-refractivity contribution >= 4 is 6.09 Å². The fourth-order valence-electron chi connectivity index (χ4n) is 2.65. The van der Waals surface area contributed by atoms with Crippen molar-refractivity contribution in [3.63, 3.8) is 0 Å². The zero-order valence-corrected chi connectivity index (χ0v) is 12.4. The molecule has 2 rings (SSSR count). The molecule has 0 aromatic heterocycles. The van der Waals surface area contributed by atoms with Gasteiger partial charge < -0.3 is 14.6 Å². The van der Waals surface area contributed by atoms with E-state index in [4.69, 9.17) is 9.47 Å². The van der Waals surface area contributed by atoms with Crippen LogP contribution in [0.5, 0.6) is 0 Å². The van der Waals surface area contributed by atoms with Gasteiger partial charge >= 0.3 is 6.09 Å². The van der Waals surface area contributed by atoms with Crippen LogP contribution in [-0.4, -0.2) is 48.0 Å². The molecular weight excluding hydrogens is 270 g/mol. The minimum absolute atomic E-state index is 0.00891. The van der Waals surface area contributed by atoms with Crippen molar-refractivity contribution in [3.05, 3.63) is 35.9 Å². The molecule has 5 nitrogen and oxygen atoms in total. The molecule has 1 aromatic carbocycles. The Morgan fingerprint density at radius 2 is 2.00 bits per heavy atom. The SMILES string of the molecule is CCOC[C@@H]1CC[C@H](CO)N1C(=O)OCc1ccccc1. The summed E-state index contributed by atoms with van der Waals surface area (Å²) in [4.78, 5) is 13.9. The first-order chi connectivity index (χ1) is 10.3. The van der Waals surface area contributed by atoms with Crippen molar-refractivity contribution in [3.8, 4) is 0 Å². The van der Waals surface area contributed by atoms with Gasteiger partial charge in [0.25, 0.3) is 0 Å². The predicted octanol–water partition coefficient (Wildman–Crippen LogP) is 2.18. The molecule has 21 heavy (non-hydrogen) atoms. The molecule has 2 atom stereocenters. The molecule has 5 heteroatoms. The van der Waals surface area contributed by atoms with E-state index in [-0.39, 0.29) is 31.4 Å². The average Bonchev–Trinajstić information content (AvgIpc) is 2.94. The molecule has 0 radical (unpaired) electrons. The number of rotatable bonds is 6. The topological polar surface area (TPSA) is 59.0 Å². The number of amides is 1. The van der Waals surface area contributed by atoms with Crippen molar-refractivity contribution in [2.45, 2.75) is 38.5 Å². The number of likely N-dealkylation sites (tertiary alicyclic amines) is 1. The highest BCUT2D eigenvalue weighted by Gasteiger charge is 2.37. The Labute approximate surface area is 125 Å².